The first-order valence-electron chi connectivity index (χ1n) is 10.3. The van der Waals surface area contributed by atoms with E-state index in [0.29, 0.717) is 6.54 Å². The van der Waals surface area contributed by atoms with E-state index in [-0.39, 0.29) is 11.8 Å². The molecule has 3 aromatic rings. The number of hydrogen-bond donors (Lipinski definition) is 3. The van der Waals surface area contributed by atoms with E-state index in [4.69, 9.17) is 0 Å². The summed E-state index contributed by atoms with van der Waals surface area (Å²) in [5.41, 5.74) is 7.12. The Balaban J connectivity index is 1.62. The summed E-state index contributed by atoms with van der Waals surface area (Å²) >= 11 is 0. The Bertz CT molecular complexity index is 1210. The van der Waals surface area contributed by atoms with Crippen molar-refractivity contribution >= 4 is 28.4 Å². The first-order chi connectivity index (χ1) is 14.4. The Morgan fingerprint density at radius 2 is 2.13 bits per heavy atom. The Kier molecular flexibility index (Phi) is 4.10. The third-order valence-electron chi connectivity index (χ3n) is 6.30. The van der Waals surface area contributed by atoms with Crippen LogP contribution in [0.15, 0.2) is 30.6 Å². The van der Waals surface area contributed by atoms with Gasteiger partial charge in [-0.05, 0) is 68.0 Å². The Morgan fingerprint density at radius 1 is 1.30 bits per heavy atom. The first kappa shape index (κ1) is 18.7. The second-order valence-corrected chi connectivity index (χ2v) is 8.66. The number of hydrogen-bond acceptors (Lipinski definition) is 3. The third kappa shape index (κ3) is 2.69. The highest BCUT2D eigenvalue weighted by atomic mass is 16.2. The number of fused-ring (bicyclic) bond motifs is 6. The number of aromatic nitrogens is 3. The molecule has 0 saturated carbocycles. The van der Waals surface area contributed by atoms with E-state index in [1.54, 1.807) is 6.20 Å². The van der Waals surface area contributed by atoms with Crippen LogP contribution in [0.25, 0.3) is 22.3 Å². The number of amides is 2. The summed E-state index contributed by atoms with van der Waals surface area (Å²) in [6.07, 6.45) is 8.38. The minimum atomic E-state index is -0.604. The minimum absolute atomic E-state index is 0.0690. The highest BCUT2D eigenvalue weighted by molar-refractivity contribution is 6.10. The lowest BCUT2D eigenvalue weighted by Gasteiger charge is -2.18. The minimum Gasteiger partial charge on any atom is -0.353 e. The molecule has 7 nitrogen and oxygen atoms in total. The molecule has 2 aromatic heterocycles. The highest BCUT2D eigenvalue weighted by Gasteiger charge is 2.44. The number of aromatic amines is 2. The summed E-state index contributed by atoms with van der Waals surface area (Å²) in [6, 6.07) is 4.28. The van der Waals surface area contributed by atoms with Gasteiger partial charge in [-0.25, -0.2) is 0 Å². The van der Waals surface area contributed by atoms with Crippen LogP contribution in [0.4, 0.5) is 5.69 Å². The number of carbonyl (C=O) groups excluding carboxylic acids is 2. The number of anilines is 1. The third-order valence-corrected chi connectivity index (χ3v) is 6.30. The number of nitrogens with zero attached hydrogens (tertiary/aromatic N) is 2. The van der Waals surface area contributed by atoms with Crippen LogP contribution in [0, 0.1) is 0 Å². The van der Waals surface area contributed by atoms with Crippen molar-refractivity contribution in [2.24, 2.45) is 0 Å². The maximum Gasteiger partial charge on any atom is 0.237 e. The van der Waals surface area contributed by atoms with Crippen molar-refractivity contribution < 1.29 is 9.59 Å². The van der Waals surface area contributed by atoms with E-state index < -0.39 is 5.41 Å². The summed E-state index contributed by atoms with van der Waals surface area (Å²) in [5, 5.41) is 11.2. The van der Waals surface area contributed by atoms with Gasteiger partial charge in [-0.15, -0.1) is 0 Å². The van der Waals surface area contributed by atoms with Crippen molar-refractivity contribution in [2.45, 2.75) is 45.4 Å². The van der Waals surface area contributed by atoms with E-state index >= 15 is 0 Å². The molecule has 30 heavy (non-hydrogen) atoms. The van der Waals surface area contributed by atoms with Crippen molar-refractivity contribution in [3.8, 4) is 11.4 Å². The smallest absolute Gasteiger partial charge is 0.237 e. The predicted molar refractivity (Wildman–Crippen MR) is 116 cm³/mol. The summed E-state index contributed by atoms with van der Waals surface area (Å²) < 4.78 is 0. The molecule has 0 spiro atoms. The van der Waals surface area contributed by atoms with Crippen molar-refractivity contribution in [3.63, 3.8) is 0 Å². The molecular weight excluding hydrogens is 378 g/mol. The van der Waals surface area contributed by atoms with Crippen LogP contribution in [-0.4, -0.2) is 33.5 Å². The van der Waals surface area contributed by atoms with Crippen molar-refractivity contribution in [2.75, 3.05) is 11.4 Å². The fraction of sp³-hybridized carbons (Fsp3) is 0.348. The molecule has 1 aliphatic carbocycles. The molecule has 0 bridgehead atoms. The maximum absolute atomic E-state index is 13.2. The van der Waals surface area contributed by atoms with Crippen molar-refractivity contribution in [3.05, 3.63) is 47.3 Å². The van der Waals surface area contributed by atoms with Gasteiger partial charge in [0.2, 0.25) is 11.8 Å². The zero-order valence-corrected chi connectivity index (χ0v) is 17.4. The van der Waals surface area contributed by atoms with Gasteiger partial charge in [0.25, 0.3) is 0 Å². The molecule has 154 valence electrons. The molecule has 3 N–H and O–H groups in total. The summed E-state index contributed by atoms with van der Waals surface area (Å²) in [6.45, 7) is 5.82. The number of benzene rings is 1. The molecule has 2 amide bonds. The fourth-order valence-corrected chi connectivity index (χ4v) is 4.73. The van der Waals surface area contributed by atoms with Gasteiger partial charge in [-0.2, -0.15) is 5.10 Å². The van der Waals surface area contributed by atoms with Gasteiger partial charge in [0.05, 0.1) is 23.0 Å². The molecule has 2 aliphatic rings. The van der Waals surface area contributed by atoms with E-state index in [2.05, 4.69) is 32.6 Å². The average molecular weight is 403 g/mol. The van der Waals surface area contributed by atoms with Crippen LogP contribution in [0.2, 0.25) is 0 Å². The van der Waals surface area contributed by atoms with Gasteiger partial charge in [-0.3, -0.25) is 14.7 Å². The van der Waals surface area contributed by atoms with E-state index in [0.717, 1.165) is 52.8 Å². The number of H-pyrrole nitrogens is 2. The fourth-order valence-electron chi connectivity index (χ4n) is 4.73. The molecule has 0 radical (unpaired) electrons. The largest absolute Gasteiger partial charge is 0.353 e. The van der Waals surface area contributed by atoms with Crippen molar-refractivity contribution in [1.82, 2.24) is 20.5 Å². The zero-order valence-electron chi connectivity index (χ0n) is 17.4. The normalized spacial score (nSPS) is 17.2. The quantitative estimate of drug-likeness (QED) is 0.626. The Morgan fingerprint density at radius 3 is 2.93 bits per heavy atom. The summed E-state index contributed by atoms with van der Waals surface area (Å²) in [7, 11) is 0. The first-order valence-corrected chi connectivity index (χ1v) is 10.3. The summed E-state index contributed by atoms with van der Waals surface area (Å²) in [5.74, 6) is -0.0609. The molecule has 0 unspecified atom stereocenters. The Labute approximate surface area is 174 Å². The molecule has 1 aliphatic heterocycles. The molecular formula is C23H25N5O2. The molecule has 0 saturated heterocycles. The van der Waals surface area contributed by atoms with Gasteiger partial charge in [0, 0.05) is 36.3 Å². The Hall–Kier alpha value is -3.35. The monoisotopic (exact) mass is 403 g/mol. The molecule has 0 atom stereocenters. The lowest BCUT2D eigenvalue weighted by atomic mass is 9.85. The standard InChI is InChI=1S/C23H25N5O2/c1-13(29)24-8-5-9-28-19-10-16-15-7-4-6-14-12-25-27-20(14)21(15)26-18(16)11-17(19)23(2,3)22(28)30/h5,8,10-12,26H,4,6-7,9H2,1-3H3,(H,24,29)(H,25,27). The van der Waals surface area contributed by atoms with Gasteiger partial charge in [-0.1, -0.05) is 0 Å². The number of carbonyl (C=O) groups is 2. The van der Waals surface area contributed by atoms with Crippen LogP contribution in [0.3, 0.4) is 0 Å². The number of rotatable bonds is 3. The molecule has 5 rings (SSSR count). The van der Waals surface area contributed by atoms with Gasteiger partial charge in [0.1, 0.15) is 0 Å². The second-order valence-electron chi connectivity index (χ2n) is 8.66. The number of aryl methyl sites for hydroxylation is 2. The lowest BCUT2D eigenvalue weighted by Crippen LogP contribution is -2.36. The van der Waals surface area contributed by atoms with Crippen molar-refractivity contribution in [1.29, 1.82) is 0 Å². The molecule has 7 heteroatoms. The van der Waals surface area contributed by atoms with Crippen LogP contribution < -0.4 is 10.2 Å². The highest BCUT2D eigenvalue weighted by Crippen LogP contribution is 2.45. The van der Waals surface area contributed by atoms with Gasteiger partial charge < -0.3 is 15.2 Å². The van der Waals surface area contributed by atoms with Gasteiger partial charge in [0.15, 0.2) is 0 Å². The summed E-state index contributed by atoms with van der Waals surface area (Å²) in [4.78, 5) is 29.7. The maximum atomic E-state index is 13.2. The SMILES string of the molecule is CC(=O)NC=CCN1C(=O)C(C)(C)c2cc3[nH]c4c(c3cc21)CCCc1cn[nH]c1-4. The predicted octanol–water partition coefficient (Wildman–Crippen LogP) is 3.32. The number of nitrogens with one attached hydrogen (secondary N) is 3. The van der Waals surface area contributed by atoms with Crippen LogP contribution >= 0.6 is 0 Å². The second kappa shape index (κ2) is 6.58. The lowest BCUT2D eigenvalue weighted by molar-refractivity contribution is -0.122. The molecule has 1 aromatic carbocycles. The molecule has 0 fully saturated rings. The van der Waals surface area contributed by atoms with E-state index in [1.165, 1.54) is 18.1 Å². The van der Waals surface area contributed by atoms with Crippen LogP contribution in [-0.2, 0) is 27.8 Å². The van der Waals surface area contributed by atoms with E-state index in [9.17, 15) is 9.59 Å². The molecule has 3 heterocycles. The zero-order chi connectivity index (χ0) is 21.0. The van der Waals surface area contributed by atoms with Crippen LogP contribution in [0.5, 0.6) is 0 Å². The average Bonchev–Trinajstić information content (AvgIpc) is 3.31. The van der Waals surface area contributed by atoms with Gasteiger partial charge >= 0.3 is 0 Å². The van der Waals surface area contributed by atoms with Crippen LogP contribution in [0.1, 0.15) is 43.9 Å². The topological polar surface area (TPSA) is 93.9 Å². The van der Waals surface area contributed by atoms with E-state index in [1.807, 2.05) is 31.0 Å².